The van der Waals surface area contributed by atoms with Crippen molar-refractivity contribution in [1.82, 2.24) is 20.1 Å². The maximum Gasteiger partial charge on any atom is 0.228 e. The van der Waals surface area contributed by atoms with Crippen molar-refractivity contribution in [3.63, 3.8) is 0 Å². The first kappa shape index (κ1) is 16.4. The second-order valence-corrected chi connectivity index (χ2v) is 5.93. The summed E-state index contributed by atoms with van der Waals surface area (Å²) in [6.45, 7) is 7.21. The minimum atomic E-state index is -0.168. The quantitative estimate of drug-likeness (QED) is 0.805. The van der Waals surface area contributed by atoms with Crippen LogP contribution in [0.25, 0.3) is 0 Å². The van der Waals surface area contributed by atoms with Gasteiger partial charge in [-0.25, -0.2) is 0 Å². The van der Waals surface area contributed by atoms with Crippen LogP contribution < -0.4 is 5.32 Å². The fraction of sp³-hybridized carbons (Fsp3) is 0.438. The summed E-state index contributed by atoms with van der Waals surface area (Å²) in [4.78, 5) is 12.6. The summed E-state index contributed by atoms with van der Waals surface area (Å²) in [5.41, 5.74) is 1.03. The van der Waals surface area contributed by atoms with Gasteiger partial charge in [0.25, 0.3) is 0 Å². The molecule has 2 rings (SSSR count). The highest BCUT2D eigenvalue weighted by Gasteiger charge is 2.24. The van der Waals surface area contributed by atoms with Crippen LogP contribution in [0.3, 0.4) is 0 Å². The Bertz CT molecular complexity index is 675. The maximum atomic E-state index is 12.6. The molecular weight excluding hydrogens is 296 g/mol. The number of aromatic nitrogens is 3. The number of hydrogen-bond donors (Lipinski definition) is 2. The lowest BCUT2D eigenvalue weighted by Gasteiger charge is -2.20. The number of carbonyl (C=O) groups is 1. The third kappa shape index (κ3) is 3.62. The van der Waals surface area contributed by atoms with Crippen molar-refractivity contribution in [3.05, 3.63) is 46.5 Å². The highest BCUT2D eigenvalue weighted by Crippen LogP contribution is 2.24. The molecule has 0 aliphatic heterocycles. The average molecular weight is 318 g/mol. The SMILES string of the molecule is CCn1c(CNC(=O)[C@H](c2ccccc2)C(C)C)n[nH]c1=S. The third-order valence-corrected chi connectivity index (χ3v) is 3.99. The zero-order chi connectivity index (χ0) is 16.1. The van der Waals surface area contributed by atoms with Crippen LogP contribution in [0.5, 0.6) is 0 Å². The molecule has 1 aromatic carbocycles. The molecule has 1 aromatic heterocycles. The molecule has 0 saturated heterocycles. The highest BCUT2D eigenvalue weighted by atomic mass is 32.1. The lowest BCUT2D eigenvalue weighted by molar-refractivity contribution is -0.123. The zero-order valence-electron chi connectivity index (χ0n) is 13.2. The summed E-state index contributed by atoms with van der Waals surface area (Å²) >= 11 is 5.15. The third-order valence-electron chi connectivity index (χ3n) is 3.68. The molecule has 0 fully saturated rings. The van der Waals surface area contributed by atoms with Gasteiger partial charge in [0.2, 0.25) is 5.91 Å². The van der Waals surface area contributed by atoms with E-state index in [1.54, 1.807) is 0 Å². The summed E-state index contributed by atoms with van der Waals surface area (Å²) < 4.78 is 2.46. The molecule has 0 saturated carbocycles. The Morgan fingerprint density at radius 2 is 2.05 bits per heavy atom. The number of hydrogen-bond acceptors (Lipinski definition) is 3. The Hall–Kier alpha value is -1.95. The Morgan fingerprint density at radius 1 is 1.36 bits per heavy atom. The number of aromatic amines is 1. The fourth-order valence-corrected chi connectivity index (χ4v) is 2.87. The molecule has 22 heavy (non-hydrogen) atoms. The Balaban J connectivity index is 2.11. The molecule has 2 aromatic rings. The van der Waals surface area contributed by atoms with Gasteiger partial charge >= 0.3 is 0 Å². The maximum absolute atomic E-state index is 12.6. The molecule has 0 unspecified atom stereocenters. The number of benzene rings is 1. The van der Waals surface area contributed by atoms with Gasteiger partial charge in [0.05, 0.1) is 12.5 Å². The lowest BCUT2D eigenvalue weighted by atomic mass is 9.87. The molecule has 0 radical (unpaired) electrons. The zero-order valence-corrected chi connectivity index (χ0v) is 14.0. The van der Waals surface area contributed by atoms with Crippen LogP contribution in [0.2, 0.25) is 0 Å². The topological polar surface area (TPSA) is 62.7 Å². The monoisotopic (exact) mass is 318 g/mol. The van der Waals surface area contributed by atoms with E-state index in [0.29, 0.717) is 11.3 Å². The number of nitrogens with one attached hydrogen (secondary N) is 2. The van der Waals surface area contributed by atoms with Crippen LogP contribution in [-0.4, -0.2) is 20.7 Å². The first-order valence-corrected chi connectivity index (χ1v) is 7.92. The minimum absolute atomic E-state index is 0.0118. The van der Waals surface area contributed by atoms with Crippen LogP contribution in [0.4, 0.5) is 0 Å². The van der Waals surface area contributed by atoms with E-state index in [4.69, 9.17) is 12.2 Å². The van der Waals surface area contributed by atoms with Crippen LogP contribution in [-0.2, 0) is 17.9 Å². The smallest absolute Gasteiger partial charge is 0.228 e. The van der Waals surface area contributed by atoms with Gasteiger partial charge in [0.15, 0.2) is 10.6 Å². The Morgan fingerprint density at radius 3 is 2.64 bits per heavy atom. The average Bonchev–Trinajstić information content (AvgIpc) is 2.86. The van der Waals surface area contributed by atoms with Gasteiger partial charge in [-0.2, -0.15) is 5.10 Å². The van der Waals surface area contributed by atoms with E-state index in [0.717, 1.165) is 17.9 Å². The summed E-state index contributed by atoms with van der Waals surface area (Å²) in [7, 11) is 0. The molecule has 0 bridgehead atoms. The van der Waals surface area contributed by atoms with Crippen LogP contribution in [0, 0.1) is 10.7 Å². The molecule has 2 N–H and O–H groups in total. The lowest BCUT2D eigenvalue weighted by Crippen LogP contribution is -2.32. The summed E-state index contributed by atoms with van der Waals surface area (Å²) in [6, 6.07) is 9.86. The van der Waals surface area contributed by atoms with E-state index in [9.17, 15) is 4.79 Å². The first-order chi connectivity index (χ1) is 10.5. The minimum Gasteiger partial charge on any atom is -0.348 e. The van der Waals surface area contributed by atoms with Gasteiger partial charge in [0, 0.05) is 6.54 Å². The van der Waals surface area contributed by atoms with Crippen LogP contribution in [0.1, 0.15) is 38.1 Å². The molecule has 1 amide bonds. The molecule has 0 aliphatic carbocycles. The van der Waals surface area contributed by atoms with Gasteiger partial charge in [0.1, 0.15) is 0 Å². The second kappa shape index (κ2) is 7.35. The normalized spacial score (nSPS) is 12.4. The number of rotatable bonds is 6. The molecule has 118 valence electrons. The van der Waals surface area contributed by atoms with Crippen molar-refractivity contribution in [2.45, 2.75) is 39.8 Å². The van der Waals surface area contributed by atoms with E-state index in [1.165, 1.54) is 0 Å². The number of carbonyl (C=O) groups excluding carboxylic acids is 1. The van der Waals surface area contributed by atoms with Crippen LogP contribution >= 0.6 is 12.2 Å². The molecule has 1 heterocycles. The Kier molecular flexibility index (Phi) is 5.49. The predicted molar refractivity (Wildman–Crippen MR) is 89.0 cm³/mol. The van der Waals surface area contributed by atoms with Gasteiger partial charge < -0.3 is 9.88 Å². The van der Waals surface area contributed by atoms with Crippen LogP contribution in [0.15, 0.2) is 30.3 Å². The van der Waals surface area contributed by atoms with Crippen molar-refractivity contribution >= 4 is 18.1 Å². The van der Waals surface area contributed by atoms with Crippen molar-refractivity contribution in [2.75, 3.05) is 0 Å². The van der Waals surface area contributed by atoms with Crippen molar-refractivity contribution < 1.29 is 4.79 Å². The molecule has 0 aliphatic rings. The number of amides is 1. The van der Waals surface area contributed by atoms with Crippen molar-refractivity contribution in [2.24, 2.45) is 5.92 Å². The standard InChI is InChI=1S/C16H22N4OS/c1-4-20-13(18-19-16(20)22)10-17-15(21)14(11(2)3)12-8-6-5-7-9-12/h5-9,11,14H,4,10H2,1-3H3,(H,17,21)(H,19,22)/t14-/m0/s1. The first-order valence-electron chi connectivity index (χ1n) is 7.51. The predicted octanol–water partition coefficient (Wildman–Crippen LogP) is 3.02. The molecule has 5 nitrogen and oxygen atoms in total. The molecule has 0 spiro atoms. The molecule has 6 heteroatoms. The van der Waals surface area contributed by atoms with Gasteiger partial charge in [-0.15, -0.1) is 0 Å². The van der Waals surface area contributed by atoms with E-state index in [-0.39, 0.29) is 17.7 Å². The largest absolute Gasteiger partial charge is 0.348 e. The number of nitrogens with zero attached hydrogens (tertiary/aromatic N) is 2. The van der Waals surface area contributed by atoms with E-state index in [2.05, 4.69) is 29.4 Å². The Labute approximate surface area is 135 Å². The van der Waals surface area contributed by atoms with Crippen molar-refractivity contribution in [3.8, 4) is 0 Å². The summed E-state index contributed by atoms with van der Waals surface area (Å²) in [5, 5.41) is 9.90. The highest BCUT2D eigenvalue weighted by molar-refractivity contribution is 7.71. The number of H-pyrrole nitrogens is 1. The molecule has 1 atom stereocenters. The fourth-order valence-electron chi connectivity index (χ4n) is 2.59. The van der Waals surface area contributed by atoms with E-state index >= 15 is 0 Å². The summed E-state index contributed by atoms with van der Waals surface area (Å²) in [5.74, 6) is 0.807. The van der Waals surface area contributed by atoms with Gasteiger partial charge in [-0.05, 0) is 30.6 Å². The van der Waals surface area contributed by atoms with Gasteiger partial charge in [-0.3, -0.25) is 9.89 Å². The van der Waals surface area contributed by atoms with E-state index in [1.807, 2.05) is 41.8 Å². The van der Waals surface area contributed by atoms with E-state index < -0.39 is 0 Å². The molecular formula is C16H22N4OS. The van der Waals surface area contributed by atoms with Gasteiger partial charge in [-0.1, -0.05) is 44.2 Å². The summed E-state index contributed by atoms with van der Waals surface area (Å²) in [6.07, 6.45) is 0. The van der Waals surface area contributed by atoms with Crippen molar-refractivity contribution in [1.29, 1.82) is 0 Å². The second-order valence-electron chi connectivity index (χ2n) is 5.54.